The van der Waals surface area contributed by atoms with Crippen LogP contribution >= 0.6 is 0 Å². The first-order chi connectivity index (χ1) is 12.2. The fraction of sp³-hybridized carbons (Fsp3) is 0.350. The molecule has 1 heterocycles. The number of fused-ring (bicyclic) bond motifs is 1. The van der Waals surface area contributed by atoms with E-state index in [1.165, 1.54) is 12.1 Å². The van der Waals surface area contributed by atoms with E-state index in [4.69, 9.17) is 9.57 Å². The number of rotatable bonds is 4. The van der Waals surface area contributed by atoms with Crippen molar-refractivity contribution in [3.05, 3.63) is 66.0 Å². The van der Waals surface area contributed by atoms with Crippen LogP contribution in [0.25, 0.3) is 0 Å². The monoisotopic (exact) mass is 341 g/mol. The van der Waals surface area contributed by atoms with Crippen molar-refractivity contribution >= 4 is 5.97 Å². The second-order valence-corrected chi connectivity index (χ2v) is 6.78. The summed E-state index contributed by atoms with van der Waals surface area (Å²) in [5, 5.41) is 1.78. The number of carbonyl (C=O) groups excluding carboxylic acids is 1. The first-order valence-corrected chi connectivity index (χ1v) is 8.62. The van der Waals surface area contributed by atoms with Gasteiger partial charge in [0.25, 0.3) is 0 Å². The summed E-state index contributed by atoms with van der Waals surface area (Å²) in [7, 11) is 0. The Labute approximate surface area is 146 Å². The lowest BCUT2D eigenvalue weighted by Gasteiger charge is -2.19. The topological polar surface area (TPSA) is 38.8 Å². The van der Waals surface area contributed by atoms with E-state index in [0.29, 0.717) is 23.1 Å². The van der Waals surface area contributed by atoms with Crippen LogP contribution in [0.2, 0.25) is 0 Å². The number of hydroxylamine groups is 2. The van der Waals surface area contributed by atoms with Crippen LogP contribution in [0.4, 0.5) is 4.39 Å². The van der Waals surface area contributed by atoms with Gasteiger partial charge in [0.15, 0.2) is 0 Å². The molecule has 1 aliphatic heterocycles. The predicted molar refractivity (Wildman–Crippen MR) is 90.5 cm³/mol. The maximum atomic E-state index is 13.0. The van der Waals surface area contributed by atoms with Crippen LogP contribution in [-0.4, -0.2) is 30.2 Å². The lowest BCUT2D eigenvalue weighted by atomic mass is 10.0. The first-order valence-electron chi connectivity index (χ1n) is 8.62. The summed E-state index contributed by atoms with van der Waals surface area (Å²) in [4.78, 5) is 17.6. The molecule has 2 aromatic carbocycles. The number of nitrogens with zero attached hydrogens (tertiary/aromatic N) is 1. The SMILES string of the molecule is O=C(ON1C[C@H]2CC(Oc3ccc(F)cc3)C[C@H]2C1)c1ccccc1. The molecule has 2 fully saturated rings. The van der Waals surface area contributed by atoms with Crippen molar-refractivity contribution in [3.63, 3.8) is 0 Å². The molecule has 0 N–H and O–H groups in total. The van der Waals surface area contributed by atoms with Crippen molar-refractivity contribution in [2.24, 2.45) is 11.8 Å². The summed E-state index contributed by atoms with van der Waals surface area (Å²) in [6.45, 7) is 1.49. The zero-order valence-electron chi connectivity index (χ0n) is 13.8. The molecule has 1 saturated carbocycles. The van der Waals surface area contributed by atoms with Crippen molar-refractivity contribution in [3.8, 4) is 5.75 Å². The molecule has 0 radical (unpaired) electrons. The fourth-order valence-corrected chi connectivity index (χ4v) is 3.82. The van der Waals surface area contributed by atoms with E-state index < -0.39 is 0 Å². The zero-order chi connectivity index (χ0) is 17.2. The smallest absolute Gasteiger partial charge is 0.357 e. The summed E-state index contributed by atoms with van der Waals surface area (Å²) >= 11 is 0. The average molecular weight is 341 g/mol. The molecule has 0 bridgehead atoms. The van der Waals surface area contributed by atoms with Gasteiger partial charge in [-0.15, -0.1) is 5.06 Å². The van der Waals surface area contributed by atoms with Gasteiger partial charge in [0, 0.05) is 13.1 Å². The van der Waals surface area contributed by atoms with Crippen LogP contribution in [0, 0.1) is 17.7 Å². The van der Waals surface area contributed by atoms with Crippen molar-refractivity contribution in [1.29, 1.82) is 0 Å². The number of hydrogen-bond acceptors (Lipinski definition) is 4. The molecule has 4 nitrogen and oxygen atoms in total. The molecule has 130 valence electrons. The minimum atomic E-state index is -0.306. The summed E-state index contributed by atoms with van der Waals surface area (Å²) < 4.78 is 18.9. The molecule has 0 spiro atoms. The first kappa shape index (κ1) is 16.1. The van der Waals surface area contributed by atoms with Gasteiger partial charge in [-0.25, -0.2) is 9.18 Å². The highest BCUT2D eigenvalue weighted by Gasteiger charge is 2.43. The van der Waals surface area contributed by atoms with Crippen molar-refractivity contribution < 1.29 is 18.8 Å². The Morgan fingerprint density at radius 3 is 2.24 bits per heavy atom. The second kappa shape index (κ2) is 6.84. The molecule has 3 atom stereocenters. The molecule has 1 aliphatic carbocycles. The molecule has 4 rings (SSSR count). The van der Waals surface area contributed by atoms with Crippen LogP contribution in [-0.2, 0) is 4.84 Å². The van der Waals surface area contributed by atoms with E-state index in [2.05, 4.69) is 0 Å². The van der Waals surface area contributed by atoms with Crippen LogP contribution in [0.15, 0.2) is 54.6 Å². The Kier molecular flexibility index (Phi) is 4.40. The molecular weight excluding hydrogens is 321 g/mol. The number of ether oxygens (including phenoxy) is 1. The largest absolute Gasteiger partial charge is 0.490 e. The van der Waals surface area contributed by atoms with Gasteiger partial charge in [0.2, 0.25) is 0 Å². The third-order valence-corrected chi connectivity index (χ3v) is 5.01. The average Bonchev–Trinajstić information content (AvgIpc) is 3.15. The number of halogens is 1. The van der Waals surface area contributed by atoms with Gasteiger partial charge in [-0.05, 0) is 61.1 Å². The maximum absolute atomic E-state index is 13.0. The van der Waals surface area contributed by atoms with Crippen molar-refractivity contribution in [2.45, 2.75) is 18.9 Å². The third kappa shape index (κ3) is 3.66. The molecule has 5 heteroatoms. The Morgan fingerprint density at radius 1 is 0.960 bits per heavy atom. The molecular formula is C20H20FNO3. The molecule has 1 unspecified atom stereocenters. The lowest BCUT2D eigenvalue weighted by Crippen LogP contribution is -2.27. The molecule has 0 amide bonds. The third-order valence-electron chi connectivity index (χ3n) is 5.01. The van der Waals surface area contributed by atoms with Crippen LogP contribution < -0.4 is 4.74 Å². The number of benzene rings is 2. The number of hydrogen-bond donors (Lipinski definition) is 0. The zero-order valence-corrected chi connectivity index (χ0v) is 13.8. The highest BCUT2D eigenvalue weighted by molar-refractivity contribution is 5.89. The van der Waals surface area contributed by atoms with Gasteiger partial charge in [0.05, 0.1) is 11.7 Å². The van der Waals surface area contributed by atoms with Gasteiger partial charge in [-0.3, -0.25) is 0 Å². The van der Waals surface area contributed by atoms with Gasteiger partial charge in [-0.2, -0.15) is 0 Å². The van der Waals surface area contributed by atoms with Gasteiger partial charge in [-0.1, -0.05) is 18.2 Å². The van der Waals surface area contributed by atoms with Gasteiger partial charge < -0.3 is 9.57 Å². The summed E-state index contributed by atoms with van der Waals surface area (Å²) in [5.74, 6) is 1.08. The number of carbonyl (C=O) groups is 1. The Hall–Kier alpha value is -2.40. The maximum Gasteiger partial charge on any atom is 0.357 e. The van der Waals surface area contributed by atoms with E-state index in [1.54, 1.807) is 29.3 Å². The minimum Gasteiger partial charge on any atom is -0.490 e. The fourth-order valence-electron chi connectivity index (χ4n) is 3.82. The lowest BCUT2D eigenvalue weighted by molar-refractivity contribution is -0.0991. The molecule has 25 heavy (non-hydrogen) atoms. The Morgan fingerprint density at radius 2 is 1.60 bits per heavy atom. The quantitative estimate of drug-likeness (QED) is 0.850. The van der Waals surface area contributed by atoms with Crippen LogP contribution in [0.3, 0.4) is 0 Å². The van der Waals surface area contributed by atoms with E-state index in [9.17, 15) is 9.18 Å². The van der Waals surface area contributed by atoms with E-state index >= 15 is 0 Å². The van der Waals surface area contributed by atoms with Gasteiger partial charge >= 0.3 is 5.97 Å². The molecule has 1 saturated heterocycles. The van der Waals surface area contributed by atoms with Crippen LogP contribution in [0.5, 0.6) is 5.75 Å². The normalized spacial score (nSPS) is 25.6. The molecule has 2 aliphatic rings. The predicted octanol–water partition coefficient (Wildman–Crippen LogP) is 3.69. The standard InChI is InChI=1S/C20H20FNO3/c21-17-6-8-18(9-7-17)24-19-10-15-12-22(13-16(15)11-19)25-20(23)14-4-2-1-3-5-14/h1-9,15-16,19H,10-13H2/t15-,16+,19?. The molecule has 0 aromatic heterocycles. The van der Waals surface area contributed by atoms with Crippen LogP contribution in [0.1, 0.15) is 23.2 Å². The highest BCUT2D eigenvalue weighted by Crippen LogP contribution is 2.40. The summed E-state index contributed by atoms with van der Waals surface area (Å²) in [6.07, 6.45) is 2.01. The van der Waals surface area contributed by atoms with E-state index in [1.807, 2.05) is 18.2 Å². The van der Waals surface area contributed by atoms with Crippen molar-refractivity contribution in [2.75, 3.05) is 13.1 Å². The highest BCUT2D eigenvalue weighted by atomic mass is 19.1. The van der Waals surface area contributed by atoms with E-state index in [0.717, 1.165) is 25.9 Å². The Bertz CT molecular complexity index is 720. The van der Waals surface area contributed by atoms with E-state index in [-0.39, 0.29) is 17.9 Å². The van der Waals surface area contributed by atoms with Crippen molar-refractivity contribution in [1.82, 2.24) is 5.06 Å². The second-order valence-electron chi connectivity index (χ2n) is 6.78. The summed E-state index contributed by atoms with van der Waals surface area (Å²) in [5.41, 5.74) is 0.567. The Balaban J connectivity index is 1.29. The van der Waals surface area contributed by atoms with Gasteiger partial charge in [0.1, 0.15) is 11.6 Å². The minimum absolute atomic E-state index is 0.146. The molecule has 2 aromatic rings. The summed E-state index contributed by atoms with van der Waals surface area (Å²) in [6, 6.07) is 15.2.